The largest absolute Gasteiger partial charge is 0.327 e. The lowest BCUT2D eigenvalue weighted by Crippen LogP contribution is -2.31. The Morgan fingerprint density at radius 3 is 2.63 bits per heavy atom. The third kappa shape index (κ3) is 2.37. The van der Waals surface area contributed by atoms with Crippen molar-refractivity contribution in [2.24, 2.45) is 5.73 Å². The Morgan fingerprint density at radius 2 is 2.16 bits per heavy atom. The molecule has 2 unspecified atom stereocenters. The summed E-state index contributed by atoms with van der Waals surface area (Å²) < 4.78 is 1.28. The lowest BCUT2D eigenvalue weighted by molar-refractivity contribution is 0.411. The van der Waals surface area contributed by atoms with E-state index < -0.39 is 0 Å². The van der Waals surface area contributed by atoms with E-state index in [0.717, 1.165) is 0 Å². The minimum Gasteiger partial charge on any atom is -0.327 e. The molecule has 2 aliphatic rings. The second-order valence-electron chi connectivity index (χ2n) is 6.43. The van der Waals surface area contributed by atoms with Gasteiger partial charge in [0.1, 0.15) is 0 Å². The van der Waals surface area contributed by atoms with E-state index in [9.17, 15) is 0 Å². The molecule has 1 aliphatic heterocycles. The van der Waals surface area contributed by atoms with Crippen molar-refractivity contribution < 1.29 is 0 Å². The highest BCUT2D eigenvalue weighted by molar-refractivity contribution is 9.10. The molecule has 1 aliphatic carbocycles. The SMILES string of the molecule is CC(N)C1(c2ccc(C3CCN(C)C3)c(Br)c2)CC1. The Labute approximate surface area is 124 Å². The fourth-order valence-corrected chi connectivity index (χ4v) is 4.20. The molecule has 19 heavy (non-hydrogen) atoms. The molecule has 1 aromatic carbocycles. The first-order chi connectivity index (χ1) is 9.03. The van der Waals surface area contributed by atoms with Crippen molar-refractivity contribution in [3.8, 4) is 0 Å². The van der Waals surface area contributed by atoms with Gasteiger partial charge >= 0.3 is 0 Å². The van der Waals surface area contributed by atoms with Gasteiger partial charge in [0.25, 0.3) is 0 Å². The first-order valence-corrected chi connectivity index (χ1v) is 8.06. The zero-order valence-corrected chi connectivity index (χ0v) is 13.4. The summed E-state index contributed by atoms with van der Waals surface area (Å²) in [5, 5.41) is 0. The number of nitrogens with zero attached hydrogens (tertiary/aromatic N) is 1. The second kappa shape index (κ2) is 4.87. The van der Waals surface area contributed by atoms with Crippen LogP contribution in [0.5, 0.6) is 0 Å². The summed E-state index contributed by atoms with van der Waals surface area (Å²) in [5.41, 5.74) is 9.32. The van der Waals surface area contributed by atoms with Gasteiger partial charge in [0.15, 0.2) is 0 Å². The summed E-state index contributed by atoms with van der Waals surface area (Å²) in [7, 11) is 2.21. The predicted molar refractivity (Wildman–Crippen MR) is 83.6 cm³/mol. The smallest absolute Gasteiger partial charge is 0.0213 e. The van der Waals surface area contributed by atoms with Gasteiger partial charge in [-0.3, -0.25) is 0 Å². The summed E-state index contributed by atoms with van der Waals surface area (Å²) in [6, 6.07) is 7.22. The summed E-state index contributed by atoms with van der Waals surface area (Å²) in [6.07, 6.45) is 3.75. The molecule has 1 aromatic rings. The number of hydrogen-bond acceptors (Lipinski definition) is 2. The van der Waals surface area contributed by atoms with Crippen molar-refractivity contribution in [1.82, 2.24) is 4.90 Å². The van der Waals surface area contributed by atoms with E-state index in [1.54, 1.807) is 0 Å². The van der Waals surface area contributed by atoms with Gasteiger partial charge in [-0.05, 0) is 62.9 Å². The summed E-state index contributed by atoms with van der Waals surface area (Å²) in [5.74, 6) is 0.680. The number of likely N-dealkylation sites (tertiary alicyclic amines) is 1. The van der Waals surface area contributed by atoms with Gasteiger partial charge in [0.2, 0.25) is 0 Å². The minimum absolute atomic E-state index is 0.253. The van der Waals surface area contributed by atoms with Crippen LogP contribution in [0.25, 0.3) is 0 Å². The normalized spacial score (nSPS) is 27.5. The molecule has 3 rings (SSSR count). The highest BCUT2D eigenvalue weighted by Crippen LogP contribution is 2.51. The standard InChI is InChI=1S/C16H23BrN2/c1-11(18)16(6-7-16)13-3-4-14(15(17)9-13)12-5-8-19(2)10-12/h3-4,9,11-12H,5-8,10,18H2,1-2H3. The maximum absolute atomic E-state index is 6.17. The highest BCUT2D eigenvalue weighted by atomic mass is 79.9. The molecular formula is C16H23BrN2. The van der Waals surface area contributed by atoms with Crippen LogP contribution in [0.15, 0.2) is 22.7 Å². The van der Waals surface area contributed by atoms with Crippen LogP contribution in [0.3, 0.4) is 0 Å². The molecule has 3 heteroatoms. The van der Waals surface area contributed by atoms with Crippen LogP contribution < -0.4 is 5.73 Å². The maximum atomic E-state index is 6.17. The third-order valence-electron chi connectivity index (χ3n) is 5.07. The molecule has 1 saturated heterocycles. The Hall–Kier alpha value is -0.380. The van der Waals surface area contributed by atoms with Gasteiger partial charge < -0.3 is 10.6 Å². The molecule has 0 bridgehead atoms. The Kier molecular flexibility index (Phi) is 3.48. The number of likely N-dealkylation sites (N-methyl/N-ethyl adjacent to an activating group) is 1. The predicted octanol–water partition coefficient (Wildman–Crippen LogP) is 3.25. The van der Waals surface area contributed by atoms with Crippen molar-refractivity contribution in [2.45, 2.75) is 43.6 Å². The summed E-state index contributed by atoms with van der Waals surface area (Å²) in [6.45, 7) is 4.53. The topological polar surface area (TPSA) is 29.3 Å². The Bertz CT molecular complexity index is 480. The van der Waals surface area contributed by atoms with Gasteiger partial charge in [0, 0.05) is 22.5 Å². The second-order valence-corrected chi connectivity index (χ2v) is 7.28. The van der Waals surface area contributed by atoms with E-state index in [2.05, 4.69) is 53.0 Å². The van der Waals surface area contributed by atoms with E-state index >= 15 is 0 Å². The molecule has 2 nitrogen and oxygen atoms in total. The summed E-state index contributed by atoms with van der Waals surface area (Å²) in [4.78, 5) is 2.41. The Morgan fingerprint density at radius 1 is 1.42 bits per heavy atom. The fourth-order valence-electron chi connectivity index (χ4n) is 3.50. The van der Waals surface area contributed by atoms with Crippen LogP contribution in [0, 0.1) is 0 Å². The Balaban J connectivity index is 1.86. The zero-order chi connectivity index (χ0) is 13.6. The van der Waals surface area contributed by atoms with Crippen LogP contribution in [-0.4, -0.2) is 31.1 Å². The van der Waals surface area contributed by atoms with E-state index in [1.807, 2.05) is 0 Å². The first kappa shape index (κ1) is 13.6. The zero-order valence-electron chi connectivity index (χ0n) is 11.8. The molecule has 0 spiro atoms. The van der Waals surface area contributed by atoms with Crippen LogP contribution in [0.1, 0.15) is 43.2 Å². The van der Waals surface area contributed by atoms with E-state index in [-0.39, 0.29) is 11.5 Å². The van der Waals surface area contributed by atoms with Crippen LogP contribution in [0.2, 0.25) is 0 Å². The molecule has 0 aromatic heterocycles. The number of halogens is 1. The molecule has 104 valence electrons. The number of hydrogen-bond donors (Lipinski definition) is 1. The fraction of sp³-hybridized carbons (Fsp3) is 0.625. The minimum atomic E-state index is 0.253. The summed E-state index contributed by atoms with van der Waals surface area (Å²) >= 11 is 3.79. The van der Waals surface area contributed by atoms with Crippen molar-refractivity contribution in [3.63, 3.8) is 0 Å². The van der Waals surface area contributed by atoms with Gasteiger partial charge in [-0.2, -0.15) is 0 Å². The van der Waals surface area contributed by atoms with Crippen molar-refractivity contribution in [1.29, 1.82) is 0 Å². The van der Waals surface area contributed by atoms with Crippen LogP contribution in [-0.2, 0) is 5.41 Å². The quantitative estimate of drug-likeness (QED) is 0.925. The maximum Gasteiger partial charge on any atom is 0.0213 e. The molecule has 0 amide bonds. The van der Waals surface area contributed by atoms with E-state index in [0.29, 0.717) is 5.92 Å². The van der Waals surface area contributed by atoms with Crippen LogP contribution >= 0.6 is 15.9 Å². The molecule has 1 heterocycles. The third-order valence-corrected chi connectivity index (χ3v) is 5.75. The number of rotatable bonds is 3. The number of nitrogens with two attached hydrogens (primary N) is 1. The van der Waals surface area contributed by atoms with Crippen molar-refractivity contribution in [3.05, 3.63) is 33.8 Å². The average molecular weight is 323 g/mol. The van der Waals surface area contributed by atoms with Gasteiger partial charge in [-0.25, -0.2) is 0 Å². The molecule has 0 radical (unpaired) electrons. The molecule has 2 fully saturated rings. The van der Waals surface area contributed by atoms with E-state index in [4.69, 9.17) is 5.73 Å². The number of benzene rings is 1. The first-order valence-electron chi connectivity index (χ1n) is 7.27. The van der Waals surface area contributed by atoms with E-state index in [1.165, 1.54) is 48.0 Å². The highest BCUT2D eigenvalue weighted by Gasteiger charge is 2.47. The molecular weight excluding hydrogens is 300 g/mol. The molecule has 2 N–H and O–H groups in total. The molecule has 1 saturated carbocycles. The van der Waals surface area contributed by atoms with Crippen LogP contribution in [0.4, 0.5) is 0 Å². The average Bonchev–Trinajstić information content (AvgIpc) is 3.07. The van der Waals surface area contributed by atoms with Crippen molar-refractivity contribution >= 4 is 15.9 Å². The van der Waals surface area contributed by atoms with Gasteiger partial charge in [-0.15, -0.1) is 0 Å². The van der Waals surface area contributed by atoms with Gasteiger partial charge in [-0.1, -0.05) is 28.1 Å². The van der Waals surface area contributed by atoms with Crippen molar-refractivity contribution in [2.75, 3.05) is 20.1 Å². The lowest BCUT2D eigenvalue weighted by Gasteiger charge is -2.22. The monoisotopic (exact) mass is 322 g/mol. The van der Waals surface area contributed by atoms with Gasteiger partial charge in [0.05, 0.1) is 0 Å². The lowest BCUT2D eigenvalue weighted by atomic mass is 9.87. The molecule has 2 atom stereocenters.